The predicted molar refractivity (Wildman–Crippen MR) is 75.9 cm³/mol. The minimum atomic E-state index is -0.640. The maximum atomic E-state index is 10.7. The highest BCUT2D eigenvalue weighted by atomic mass is 35.5. The van der Waals surface area contributed by atoms with Gasteiger partial charge in [0.2, 0.25) is 0 Å². The van der Waals surface area contributed by atoms with Crippen LogP contribution >= 0.6 is 23.2 Å². The van der Waals surface area contributed by atoms with Crippen molar-refractivity contribution in [1.29, 1.82) is 0 Å². The average Bonchev–Trinajstić information content (AvgIpc) is 2.74. The van der Waals surface area contributed by atoms with Crippen LogP contribution in [0.4, 0.5) is 0 Å². The Hall–Kier alpha value is -0.280. The van der Waals surface area contributed by atoms with Crippen molar-refractivity contribution in [3.05, 3.63) is 33.8 Å². The van der Waals surface area contributed by atoms with Gasteiger partial charge in [-0.2, -0.15) is 0 Å². The summed E-state index contributed by atoms with van der Waals surface area (Å²) in [4.78, 5) is 0. The Morgan fingerprint density at radius 1 is 1.50 bits per heavy atom. The molecule has 0 spiro atoms. The molecule has 0 heterocycles. The fourth-order valence-electron chi connectivity index (χ4n) is 3.03. The zero-order valence-electron chi connectivity index (χ0n) is 10.5. The molecular weight excluding hydrogens is 269 g/mol. The topological polar surface area (TPSA) is 46.2 Å². The van der Waals surface area contributed by atoms with Gasteiger partial charge >= 0.3 is 0 Å². The summed E-state index contributed by atoms with van der Waals surface area (Å²) in [6.45, 7) is 2.67. The molecule has 1 aromatic carbocycles. The van der Waals surface area contributed by atoms with Crippen molar-refractivity contribution < 1.29 is 5.11 Å². The molecule has 4 heteroatoms. The number of hydrogen-bond acceptors (Lipinski definition) is 2. The lowest BCUT2D eigenvalue weighted by Gasteiger charge is -2.34. The Bertz CT molecular complexity index is 438. The van der Waals surface area contributed by atoms with E-state index in [0.29, 0.717) is 28.1 Å². The second-order valence-corrected chi connectivity index (χ2v) is 6.33. The number of aliphatic hydroxyl groups excluding tert-OH is 1. The second-order valence-electron chi connectivity index (χ2n) is 5.48. The molecular formula is C14H19Cl2NO. The highest BCUT2D eigenvalue weighted by Crippen LogP contribution is 2.50. The normalized spacial score (nSPS) is 29.5. The molecule has 0 radical (unpaired) electrons. The van der Waals surface area contributed by atoms with Crippen molar-refractivity contribution in [2.75, 3.05) is 6.54 Å². The van der Waals surface area contributed by atoms with Crippen molar-refractivity contribution in [1.82, 2.24) is 0 Å². The smallest absolute Gasteiger partial charge is 0.0873 e. The summed E-state index contributed by atoms with van der Waals surface area (Å²) in [6.07, 6.45) is 2.34. The van der Waals surface area contributed by atoms with Crippen molar-refractivity contribution in [2.45, 2.75) is 32.3 Å². The lowest BCUT2D eigenvalue weighted by atomic mass is 9.77. The lowest BCUT2D eigenvalue weighted by Crippen LogP contribution is -2.34. The molecule has 1 aliphatic carbocycles. The fraction of sp³-hybridized carbons (Fsp3) is 0.571. The molecule has 0 bridgehead atoms. The summed E-state index contributed by atoms with van der Waals surface area (Å²) in [5, 5.41) is 11.8. The van der Waals surface area contributed by atoms with Gasteiger partial charge < -0.3 is 10.8 Å². The van der Waals surface area contributed by atoms with Crippen molar-refractivity contribution in [3.63, 3.8) is 0 Å². The average molecular weight is 288 g/mol. The van der Waals surface area contributed by atoms with Crippen LogP contribution in [0.2, 0.25) is 10.0 Å². The van der Waals surface area contributed by atoms with Gasteiger partial charge in [0.1, 0.15) is 0 Å². The summed E-state index contributed by atoms with van der Waals surface area (Å²) < 4.78 is 0. The van der Waals surface area contributed by atoms with Crippen LogP contribution in [0.5, 0.6) is 0 Å². The van der Waals surface area contributed by atoms with Gasteiger partial charge in [-0.05, 0) is 37.0 Å². The van der Waals surface area contributed by atoms with E-state index in [1.807, 2.05) is 0 Å². The molecule has 1 aliphatic rings. The molecule has 0 amide bonds. The first-order chi connectivity index (χ1) is 8.48. The van der Waals surface area contributed by atoms with E-state index in [4.69, 9.17) is 28.9 Å². The van der Waals surface area contributed by atoms with E-state index in [2.05, 4.69) is 6.92 Å². The fourth-order valence-corrected chi connectivity index (χ4v) is 3.43. The van der Waals surface area contributed by atoms with Crippen LogP contribution in [0.3, 0.4) is 0 Å². The molecule has 1 aromatic rings. The van der Waals surface area contributed by atoms with E-state index in [1.54, 1.807) is 18.2 Å². The number of hydrogen-bond donors (Lipinski definition) is 2. The van der Waals surface area contributed by atoms with Gasteiger partial charge in [-0.3, -0.25) is 0 Å². The number of rotatable bonds is 3. The molecule has 3 unspecified atom stereocenters. The van der Waals surface area contributed by atoms with Gasteiger partial charge in [-0.25, -0.2) is 0 Å². The molecule has 100 valence electrons. The molecule has 0 aromatic heterocycles. The molecule has 18 heavy (non-hydrogen) atoms. The highest BCUT2D eigenvalue weighted by Gasteiger charge is 2.43. The standard InChI is InChI=1S/C14H19Cl2NO/c1-9-4-5-14(7-9,8-17)13(18)11-6-10(15)2-3-12(11)16/h2-3,6,9,13,18H,4-5,7-8,17H2,1H3. The summed E-state index contributed by atoms with van der Waals surface area (Å²) in [6, 6.07) is 5.20. The van der Waals surface area contributed by atoms with Crippen LogP contribution in [-0.4, -0.2) is 11.7 Å². The third-order valence-corrected chi connectivity index (χ3v) is 4.71. The summed E-state index contributed by atoms with van der Waals surface area (Å²) in [5.74, 6) is 0.598. The molecule has 3 atom stereocenters. The Kier molecular flexibility index (Phi) is 4.22. The Balaban J connectivity index is 2.34. The van der Waals surface area contributed by atoms with Gasteiger partial charge in [0.05, 0.1) is 6.10 Å². The molecule has 0 aliphatic heterocycles. The molecule has 1 saturated carbocycles. The molecule has 0 saturated heterocycles. The van der Waals surface area contributed by atoms with Crippen LogP contribution in [-0.2, 0) is 0 Å². The first-order valence-corrected chi connectivity index (χ1v) is 7.07. The Morgan fingerprint density at radius 3 is 2.78 bits per heavy atom. The first-order valence-electron chi connectivity index (χ1n) is 6.31. The zero-order chi connectivity index (χ0) is 13.3. The Labute approximate surface area is 118 Å². The highest BCUT2D eigenvalue weighted by molar-refractivity contribution is 6.33. The minimum Gasteiger partial charge on any atom is -0.388 e. The van der Waals surface area contributed by atoms with Crippen LogP contribution in [0.15, 0.2) is 18.2 Å². The van der Waals surface area contributed by atoms with Crippen LogP contribution in [0, 0.1) is 11.3 Å². The van der Waals surface area contributed by atoms with Crippen molar-refractivity contribution in [2.24, 2.45) is 17.1 Å². The zero-order valence-corrected chi connectivity index (χ0v) is 12.0. The van der Waals surface area contributed by atoms with E-state index < -0.39 is 6.10 Å². The third kappa shape index (κ3) is 2.53. The summed E-state index contributed by atoms with van der Waals surface area (Å²) in [7, 11) is 0. The first kappa shape index (κ1) is 14.1. The third-order valence-electron chi connectivity index (χ3n) is 4.13. The molecule has 3 N–H and O–H groups in total. The van der Waals surface area contributed by atoms with E-state index in [1.165, 1.54) is 0 Å². The number of nitrogens with two attached hydrogens (primary N) is 1. The monoisotopic (exact) mass is 287 g/mol. The van der Waals surface area contributed by atoms with Crippen LogP contribution < -0.4 is 5.73 Å². The number of aliphatic hydroxyl groups is 1. The SMILES string of the molecule is CC1CCC(CN)(C(O)c2cc(Cl)ccc2Cl)C1. The molecule has 2 nitrogen and oxygen atoms in total. The molecule has 1 fully saturated rings. The van der Waals surface area contributed by atoms with Gasteiger partial charge in [-0.15, -0.1) is 0 Å². The van der Waals surface area contributed by atoms with Crippen LogP contribution in [0.1, 0.15) is 37.9 Å². The van der Waals surface area contributed by atoms with Crippen LogP contribution in [0.25, 0.3) is 0 Å². The largest absolute Gasteiger partial charge is 0.388 e. The maximum Gasteiger partial charge on any atom is 0.0873 e. The minimum absolute atomic E-state index is 0.256. The van der Waals surface area contributed by atoms with E-state index in [9.17, 15) is 5.11 Å². The Morgan fingerprint density at radius 2 is 2.22 bits per heavy atom. The van der Waals surface area contributed by atoms with Crippen molar-refractivity contribution in [3.8, 4) is 0 Å². The maximum absolute atomic E-state index is 10.7. The van der Waals surface area contributed by atoms with Gasteiger partial charge in [0, 0.05) is 27.6 Å². The number of halogens is 2. The van der Waals surface area contributed by atoms with E-state index >= 15 is 0 Å². The van der Waals surface area contributed by atoms with Gasteiger partial charge in [0.15, 0.2) is 0 Å². The van der Waals surface area contributed by atoms with Gasteiger partial charge in [0.25, 0.3) is 0 Å². The van der Waals surface area contributed by atoms with Crippen molar-refractivity contribution >= 4 is 23.2 Å². The summed E-state index contributed by atoms with van der Waals surface area (Å²) in [5.41, 5.74) is 6.36. The quantitative estimate of drug-likeness (QED) is 0.888. The van der Waals surface area contributed by atoms with E-state index in [0.717, 1.165) is 19.3 Å². The van der Waals surface area contributed by atoms with Gasteiger partial charge in [-0.1, -0.05) is 36.5 Å². The second kappa shape index (κ2) is 5.38. The lowest BCUT2D eigenvalue weighted by molar-refractivity contribution is 0.0309. The predicted octanol–water partition coefficient (Wildman–Crippen LogP) is 3.79. The van der Waals surface area contributed by atoms with E-state index in [-0.39, 0.29) is 5.41 Å². The molecule has 2 rings (SSSR count). The number of benzene rings is 1. The summed E-state index contributed by atoms with van der Waals surface area (Å²) >= 11 is 12.1.